The Kier molecular flexibility index (Phi) is 8.10. The number of aliphatic hydroxyl groups is 1. The third-order valence-electron chi connectivity index (χ3n) is 3.59. The zero-order valence-corrected chi connectivity index (χ0v) is 14.9. The second-order valence-corrected chi connectivity index (χ2v) is 7.13. The van der Waals surface area contributed by atoms with Crippen LogP contribution in [0.1, 0.15) is 46.1 Å². The van der Waals surface area contributed by atoms with Crippen molar-refractivity contribution in [2.24, 2.45) is 5.92 Å². The molecule has 0 radical (unpaired) electrons. The fraction of sp³-hybridized carbons (Fsp3) is 0.632. The van der Waals surface area contributed by atoms with E-state index in [0.29, 0.717) is 13.1 Å². The molecule has 4 heteroatoms. The summed E-state index contributed by atoms with van der Waals surface area (Å²) in [5, 5.41) is 9.16. The van der Waals surface area contributed by atoms with Gasteiger partial charge in [-0.1, -0.05) is 37.3 Å². The Balaban J connectivity index is 2.54. The Hall–Kier alpha value is -1.55. The highest BCUT2D eigenvalue weighted by atomic mass is 16.6. The van der Waals surface area contributed by atoms with Crippen molar-refractivity contribution in [1.29, 1.82) is 0 Å². The van der Waals surface area contributed by atoms with Crippen molar-refractivity contribution >= 4 is 6.09 Å². The van der Waals surface area contributed by atoms with Crippen LogP contribution in [0.15, 0.2) is 30.3 Å². The number of nitrogens with zero attached hydrogens (tertiary/aromatic N) is 1. The number of amides is 1. The van der Waals surface area contributed by atoms with E-state index in [9.17, 15) is 4.79 Å². The maximum absolute atomic E-state index is 12.3. The summed E-state index contributed by atoms with van der Waals surface area (Å²) in [6.45, 7) is 9.05. The predicted molar refractivity (Wildman–Crippen MR) is 93.4 cm³/mol. The quantitative estimate of drug-likeness (QED) is 0.790. The largest absolute Gasteiger partial charge is 0.444 e. The molecule has 0 fully saturated rings. The zero-order chi connectivity index (χ0) is 17.3. The summed E-state index contributed by atoms with van der Waals surface area (Å²) in [5.41, 5.74) is 0.789. The van der Waals surface area contributed by atoms with Gasteiger partial charge in [0.05, 0.1) is 0 Å². The van der Waals surface area contributed by atoms with Crippen molar-refractivity contribution in [3.05, 3.63) is 35.9 Å². The third-order valence-corrected chi connectivity index (χ3v) is 3.59. The lowest BCUT2D eigenvalue weighted by Gasteiger charge is -2.28. The first-order chi connectivity index (χ1) is 10.8. The van der Waals surface area contributed by atoms with E-state index in [2.05, 4.69) is 12.1 Å². The summed E-state index contributed by atoms with van der Waals surface area (Å²) < 4.78 is 5.49. The number of aliphatic hydroxyl groups excluding tert-OH is 1. The van der Waals surface area contributed by atoms with Gasteiger partial charge in [-0.3, -0.25) is 0 Å². The van der Waals surface area contributed by atoms with Gasteiger partial charge in [0.2, 0.25) is 0 Å². The number of hydrogen-bond acceptors (Lipinski definition) is 3. The Labute approximate surface area is 140 Å². The molecule has 0 aliphatic rings. The number of carbonyl (C=O) groups excluding carboxylic acids is 1. The smallest absolute Gasteiger partial charge is 0.410 e. The van der Waals surface area contributed by atoms with E-state index < -0.39 is 5.60 Å². The number of rotatable bonds is 8. The molecular formula is C19H31NO3. The van der Waals surface area contributed by atoms with Gasteiger partial charge in [0.15, 0.2) is 0 Å². The molecule has 0 unspecified atom stereocenters. The van der Waals surface area contributed by atoms with E-state index in [0.717, 1.165) is 19.3 Å². The van der Waals surface area contributed by atoms with Gasteiger partial charge in [-0.25, -0.2) is 4.79 Å². The molecule has 23 heavy (non-hydrogen) atoms. The van der Waals surface area contributed by atoms with Crippen molar-refractivity contribution in [3.8, 4) is 0 Å². The second kappa shape index (κ2) is 9.56. The van der Waals surface area contributed by atoms with E-state index in [4.69, 9.17) is 9.84 Å². The van der Waals surface area contributed by atoms with Crippen LogP contribution in [0.3, 0.4) is 0 Å². The highest BCUT2D eigenvalue weighted by molar-refractivity contribution is 5.68. The van der Waals surface area contributed by atoms with Crippen LogP contribution in [-0.2, 0) is 11.2 Å². The Bertz CT molecular complexity index is 453. The van der Waals surface area contributed by atoms with Crippen molar-refractivity contribution in [1.82, 2.24) is 4.90 Å². The van der Waals surface area contributed by atoms with Crippen LogP contribution in [-0.4, -0.2) is 41.4 Å². The van der Waals surface area contributed by atoms with Crippen LogP contribution in [0.5, 0.6) is 0 Å². The molecule has 1 amide bonds. The van der Waals surface area contributed by atoms with Gasteiger partial charge in [0.1, 0.15) is 5.60 Å². The number of carbonyl (C=O) groups is 1. The molecule has 1 atom stereocenters. The first kappa shape index (κ1) is 19.5. The monoisotopic (exact) mass is 321 g/mol. The van der Waals surface area contributed by atoms with Crippen molar-refractivity contribution in [3.63, 3.8) is 0 Å². The summed E-state index contributed by atoms with van der Waals surface area (Å²) in [7, 11) is 0. The molecule has 0 spiro atoms. The zero-order valence-electron chi connectivity index (χ0n) is 14.9. The Morgan fingerprint density at radius 3 is 2.43 bits per heavy atom. The number of benzene rings is 1. The van der Waals surface area contributed by atoms with Gasteiger partial charge >= 0.3 is 6.09 Å². The standard InChI is InChI=1S/C19H31NO3/c1-16(15-21)12-14-20(18(22)23-19(2,3)4)13-8-11-17-9-6-5-7-10-17/h5-7,9-10,16,21H,8,11-15H2,1-4H3/t16-/m1/s1. The van der Waals surface area contributed by atoms with E-state index in [1.165, 1.54) is 5.56 Å². The Morgan fingerprint density at radius 1 is 1.22 bits per heavy atom. The van der Waals surface area contributed by atoms with Gasteiger partial charge in [0, 0.05) is 19.7 Å². The summed E-state index contributed by atoms with van der Waals surface area (Å²) in [6.07, 6.45) is 2.35. The number of ether oxygens (including phenoxy) is 1. The van der Waals surface area contributed by atoms with Crippen molar-refractivity contribution in [2.75, 3.05) is 19.7 Å². The SMILES string of the molecule is C[C@@H](CO)CCN(CCCc1ccccc1)C(=O)OC(C)(C)C. The van der Waals surface area contributed by atoms with E-state index in [1.807, 2.05) is 45.9 Å². The minimum absolute atomic E-state index is 0.145. The molecule has 130 valence electrons. The van der Waals surface area contributed by atoms with Gasteiger partial charge in [-0.2, -0.15) is 0 Å². The lowest BCUT2D eigenvalue weighted by atomic mass is 10.1. The van der Waals surface area contributed by atoms with Crippen LogP contribution >= 0.6 is 0 Å². The highest BCUT2D eigenvalue weighted by Crippen LogP contribution is 2.13. The first-order valence-electron chi connectivity index (χ1n) is 8.44. The minimum Gasteiger partial charge on any atom is -0.444 e. The average Bonchev–Trinajstić information content (AvgIpc) is 2.49. The van der Waals surface area contributed by atoms with Crippen LogP contribution in [0.2, 0.25) is 0 Å². The molecule has 0 saturated carbocycles. The molecule has 0 aliphatic heterocycles. The topological polar surface area (TPSA) is 49.8 Å². The third kappa shape index (κ3) is 8.60. The second-order valence-electron chi connectivity index (χ2n) is 7.13. The van der Waals surface area contributed by atoms with E-state index in [1.54, 1.807) is 4.90 Å². The van der Waals surface area contributed by atoms with E-state index in [-0.39, 0.29) is 18.6 Å². The summed E-state index contributed by atoms with van der Waals surface area (Å²) >= 11 is 0. The van der Waals surface area contributed by atoms with Crippen LogP contribution in [0.4, 0.5) is 4.79 Å². The molecule has 0 heterocycles. The summed E-state index contributed by atoms with van der Waals surface area (Å²) in [4.78, 5) is 14.1. The average molecular weight is 321 g/mol. The Morgan fingerprint density at radius 2 is 1.87 bits per heavy atom. The minimum atomic E-state index is -0.489. The van der Waals surface area contributed by atoms with Gasteiger partial charge in [0.25, 0.3) is 0 Å². The molecule has 0 aliphatic carbocycles. The van der Waals surface area contributed by atoms with E-state index >= 15 is 0 Å². The molecule has 1 aromatic rings. The molecule has 1 N–H and O–H groups in total. The lowest BCUT2D eigenvalue weighted by Crippen LogP contribution is -2.38. The normalized spacial score (nSPS) is 12.7. The molecule has 0 saturated heterocycles. The maximum Gasteiger partial charge on any atom is 0.410 e. The fourth-order valence-corrected chi connectivity index (χ4v) is 2.21. The summed E-state index contributed by atoms with van der Waals surface area (Å²) in [6, 6.07) is 10.3. The van der Waals surface area contributed by atoms with Crippen molar-refractivity contribution < 1.29 is 14.6 Å². The molecule has 0 bridgehead atoms. The first-order valence-corrected chi connectivity index (χ1v) is 8.44. The predicted octanol–water partition coefficient (Wildman–Crippen LogP) is 3.87. The van der Waals surface area contributed by atoms with Gasteiger partial charge in [-0.15, -0.1) is 0 Å². The maximum atomic E-state index is 12.3. The van der Waals surface area contributed by atoms with Gasteiger partial charge in [-0.05, 0) is 51.5 Å². The molecule has 4 nitrogen and oxygen atoms in total. The molecular weight excluding hydrogens is 290 g/mol. The van der Waals surface area contributed by atoms with Crippen LogP contribution in [0.25, 0.3) is 0 Å². The summed E-state index contributed by atoms with van der Waals surface area (Å²) in [5.74, 6) is 0.189. The number of hydrogen-bond donors (Lipinski definition) is 1. The highest BCUT2D eigenvalue weighted by Gasteiger charge is 2.22. The van der Waals surface area contributed by atoms with Crippen LogP contribution in [0, 0.1) is 5.92 Å². The number of aryl methyl sites for hydroxylation is 1. The molecule has 0 aromatic heterocycles. The van der Waals surface area contributed by atoms with Crippen molar-refractivity contribution in [2.45, 2.75) is 52.6 Å². The molecule has 1 aromatic carbocycles. The van der Waals surface area contributed by atoms with Crippen LogP contribution < -0.4 is 0 Å². The van der Waals surface area contributed by atoms with Gasteiger partial charge < -0.3 is 14.7 Å². The fourth-order valence-electron chi connectivity index (χ4n) is 2.21. The molecule has 1 rings (SSSR count). The lowest BCUT2D eigenvalue weighted by molar-refractivity contribution is 0.0234.